The van der Waals surface area contributed by atoms with Crippen molar-refractivity contribution >= 4 is 23.0 Å². The van der Waals surface area contributed by atoms with Crippen LogP contribution in [-0.4, -0.2) is 60.2 Å². The maximum absolute atomic E-state index is 13.4. The number of rotatable bonds is 3. The highest BCUT2D eigenvalue weighted by Crippen LogP contribution is 2.40. The van der Waals surface area contributed by atoms with Crippen molar-refractivity contribution in [2.75, 3.05) is 13.1 Å². The Morgan fingerprint density at radius 1 is 1.10 bits per heavy atom. The molecule has 3 aromatic heterocycles. The number of likely N-dealkylation sites (tertiary alicyclic amines) is 1. The molecular formula is C31H36N6O3. The fourth-order valence-electron chi connectivity index (χ4n) is 5.97. The summed E-state index contributed by atoms with van der Waals surface area (Å²) >= 11 is 0. The summed E-state index contributed by atoms with van der Waals surface area (Å²) < 4.78 is 7.45. The van der Waals surface area contributed by atoms with Crippen LogP contribution in [0, 0.1) is 6.92 Å². The molecule has 1 aromatic carbocycles. The van der Waals surface area contributed by atoms with Gasteiger partial charge in [0.1, 0.15) is 11.2 Å². The molecule has 4 aromatic rings. The summed E-state index contributed by atoms with van der Waals surface area (Å²) in [6.45, 7) is 9.52. The maximum Gasteiger partial charge on any atom is 0.410 e. The number of nitrogens with zero attached hydrogens (tertiary/aromatic N) is 5. The van der Waals surface area contributed by atoms with Crippen molar-refractivity contribution in [3.63, 3.8) is 0 Å². The predicted octanol–water partition coefficient (Wildman–Crippen LogP) is 5.54. The Balaban J connectivity index is 1.43. The number of carbonyl (C=O) groups is 2. The first-order valence-corrected chi connectivity index (χ1v) is 13.9. The highest BCUT2D eigenvalue weighted by molar-refractivity contribution is 5.94. The summed E-state index contributed by atoms with van der Waals surface area (Å²) in [5.41, 5.74) is 7.57. The molecule has 2 aliphatic rings. The molecule has 0 spiro atoms. The number of fused-ring (bicyclic) bond motifs is 2. The summed E-state index contributed by atoms with van der Waals surface area (Å²) in [5, 5.41) is 5.29. The van der Waals surface area contributed by atoms with E-state index >= 15 is 0 Å². The monoisotopic (exact) mass is 540 g/mol. The van der Waals surface area contributed by atoms with E-state index < -0.39 is 5.60 Å². The van der Waals surface area contributed by atoms with Crippen LogP contribution in [-0.2, 0) is 24.8 Å². The Morgan fingerprint density at radius 3 is 2.67 bits per heavy atom. The predicted molar refractivity (Wildman–Crippen MR) is 153 cm³/mol. The topological polar surface area (TPSA) is 96.3 Å². The fourth-order valence-corrected chi connectivity index (χ4v) is 5.97. The van der Waals surface area contributed by atoms with Crippen molar-refractivity contribution in [1.29, 1.82) is 0 Å². The summed E-state index contributed by atoms with van der Waals surface area (Å²) in [7, 11) is 1.81. The van der Waals surface area contributed by atoms with Crippen LogP contribution in [0.5, 0.6) is 0 Å². The highest BCUT2D eigenvalue weighted by Gasteiger charge is 2.36. The lowest BCUT2D eigenvalue weighted by Gasteiger charge is -2.34. The average molecular weight is 541 g/mol. The van der Waals surface area contributed by atoms with E-state index in [4.69, 9.17) is 4.74 Å². The number of ether oxygens (including phenoxy) is 1. The van der Waals surface area contributed by atoms with Gasteiger partial charge in [-0.2, -0.15) is 5.10 Å². The first-order valence-electron chi connectivity index (χ1n) is 13.9. The third-order valence-electron chi connectivity index (χ3n) is 7.93. The lowest BCUT2D eigenvalue weighted by molar-refractivity contribution is 0.0222. The van der Waals surface area contributed by atoms with Gasteiger partial charge < -0.3 is 19.5 Å². The summed E-state index contributed by atoms with van der Waals surface area (Å²) in [5.74, 6) is -0.0261. The molecule has 40 heavy (non-hydrogen) atoms. The van der Waals surface area contributed by atoms with Crippen LogP contribution in [0.25, 0.3) is 22.2 Å². The van der Waals surface area contributed by atoms with Crippen molar-refractivity contribution in [3.8, 4) is 11.1 Å². The second-order valence-electron chi connectivity index (χ2n) is 12.0. The van der Waals surface area contributed by atoms with Crippen LogP contribution in [0.2, 0.25) is 0 Å². The molecule has 208 valence electrons. The molecule has 5 heterocycles. The van der Waals surface area contributed by atoms with Gasteiger partial charge in [0.15, 0.2) is 0 Å². The fraction of sp³-hybridized carbons (Fsp3) is 0.419. The van der Waals surface area contributed by atoms with Crippen molar-refractivity contribution in [2.45, 2.75) is 65.1 Å². The van der Waals surface area contributed by atoms with E-state index in [9.17, 15) is 9.59 Å². The van der Waals surface area contributed by atoms with Gasteiger partial charge in [-0.25, -0.2) is 9.78 Å². The molecule has 6 rings (SSSR count). The number of pyridine rings is 1. The van der Waals surface area contributed by atoms with Crippen molar-refractivity contribution in [1.82, 2.24) is 29.5 Å². The number of amides is 2. The Labute approximate surface area is 234 Å². The number of benzene rings is 1. The number of hydrogen-bond acceptors (Lipinski definition) is 5. The van der Waals surface area contributed by atoms with Crippen LogP contribution < -0.4 is 0 Å². The zero-order chi connectivity index (χ0) is 28.2. The van der Waals surface area contributed by atoms with Gasteiger partial charge in [0.2, 0.25) is 0 Å². The van der Waals surface area contributed by atoms with Gasteiger partial charge in [0.25, 0.3) is 5.91 Å². The molecule has 1 N–H and O–H groups in total. The smallest absolute Gasteiger partial charge is 0.410 e. The maximum atomic E-state index is 13.4. The van der Waals surface area contributed by atoms with Crippen LogP contribution in [0.15, 0.2) is 43.0 Å². The quantitative estimate of drug-likeness (QED) is 0.368. The molecule has 0 aliphatic carbocycles. The largest absolute Gasteiger partial charge is 0.444 e. The summed E-state index contributed by atoms with van der Waals surface area (Å²) in [4.78, 5) is 38.3. The molecule has 2 aliphatic heterocycles. The van der Waals surface area contributed by atoms with E-state index in [1.165, 1.54) is 5.56 Å². The van der Waals surface area contributed by atoms with Gasteiger partial charge in [-0.1, -0.05) is 6.07 Å². The first-order chi connectivity index (χ1) is 19.1. The second-order valence-corrected chi connectivity index (χ2v) is 12.0. The van der Waals surface area contributed by atoms with Crippen LogP contribution in [0.4, 0.5) is 4.79 Å². The van der Waals surface area contributed by atoms with E-state index in [1.54, 1.807) is 17.1 Å². The first kappa shape index (κ1) is 26.1. The summed E-state index contributed by atoms with van der Waals surface area (Å²) in [6.07, 6.45) is 9.46. The molecule has 1 atom stereocenters. The normalized spacial score (nSPS) is 17.4. The molecule has 9 nitrogen and oxygen atoms in total. The van der Waals surface area contributed by atoms with E-state index in [1.807, 2.05) is 50.0 Å². The lowest BCUT2D eigenvalue weighted by Crippen LogP contribution is -2.39. The Kier molecular flexibility index (Phi) is 6.40. The molecule has 0 bridgehead atoms. The zero-order valence-electron chi connectivity index (χ0n) is 23.8. The van der Waals surface area contributed by atoms with Crippen LogP contribution >= 0.6 is 0 Å². The molecule has 9 heteroatoms. The number of aromatic amines is 1. The minimum Gasteiger partial charge on any atom is -0.444 e. The molecule has 0 unspecified atom stereocenters. The Bertz CT molecular complexity index is 1610. The van der Waals surface area contributed by atoms with E-state index in [0.29, 0.717) is 25.2 Å². The number of H-pyrrole nitrogens is 1. The van der Waals surface area contributed by atoms with Crippen LogP contribution in [0.1, 0.15) is 72.3 Å². The SMILES string of the molecule is Cc1c[nH]c2ncc(-c3cc4c(c([C@@H]5CCCN5C(=O)OC(C)(C)C)c3)CN(C(=O)c3cnn(C)c3)CC4)cc12. The van der Waals surface area contributed by atoms with Gasteiger partial charge in [-0.3, -0.25) is 9.48 Å². The van der Waals surface area contributed by atoms with E-state index in [2.05, 4.69) is 40.2 Å². The van der Waals surface area contributed by atoms with Gasteiger partial charge in [-0.05, 0) is 86.9 Å². The number of hydrogen-bond donors (Lipinski definition) is 1. The van der Waals surface area contributed by atoms with Crippen molar-refractivity contribution < 1.29 is 14.3 Å². The molecule has 1 saturated heterocycles. The van der Waals surface area contributed by atoms with Gasteiger partial charge in [-0.15, -0.1) is 0 Å². The zero-order valence-corrected chi connectivity index (χ0v) is 23.8. The van der Waals surface area contributed by atoms with Gasteiger partial charge >= 0.3 is 6.09 Å². The molecule has 0 radical (unpaired) electrons. The lowest BCUT2D eigenvalue weighted by atomic mass is 9.86. The molecular weight excluding hydrogens is 504 g/mol. The standard InChI is InChI=1S/C31H36N6O3/c1-19-14-32-28-24(19)13-22(15-33-28)21-11-20-8-10-36(29(38)23-16-34-35(5)17-23)18-26(20)25(12-21)27-7-6-9-37(27)30(39)40-31(2,3)4/h11-17,27H,6-10,18H2,1-5H3,(H,32,33)/t27-/m0/s1. The molecule has 0 saturated carbocycles. The molecule has 2 amide bonds. The average Bonchev–Trinajstić information content (AvgIpc) is 3.66. The number of carbonyl (C=O) groups excluding carboxylic acids is 2. The molecule has 1 fully saturated rings. The number of aromatic nitrogens is 4. The highest BCUT2D eigenvalue weighted by atomic mass is 16.6. The van der Waals surface area contributed by atoms with Crippen molar-refractivity contribution in [3.05, 3.63) is 70.8 Å². The second kappa shape index (κ2) is 9.80. The minimum absolute atomic E-state index is 0.0261. The van der Waals surface area contributed by atoms with Gasteiger partial charge in [0.05, 0.1) is 17.8 Å². The third-order valence-corrected chi connectivity index (χ3v) is 7.93. The number of aryl methyl sites for hydroxylation is 2. The van der Waals surface area contributed by atoms with E-state index in [-0.39, 0.29) is 18.0 Å². The Hall–Kier alpha value is -4.14. The number of nitrogens with one attached hydrogen (secondary N) is 1. The van der Waals surface area contributed by atoms with Crippen LogP contribution in [0.3, 0.4) is 0 Å². The van der Waals surface area contributed by atoms with E-state index in [0.717, 1.165) is 58.1 Å². The third kappa shape index (κ3) is 4.85. The van der Waals surface area contributed by atoms with Crippen molar-refractivity contribution in [2.24, 2.45) is 7.05 Å². The summed E-state index contributed by atoms with van der Waals surface area (Å²) in [6, 6.07) is 6.50. The minimum atomic E-state index is -0.575. The van der Waals surface area contributed by atoms with Gasteiger partial charge in [0, 0.05) is 56.2 Å². The Morgan fingerprint density at radius 2 is 1.93 bits per heavy atom.